The van der Waals surface area contributed by atoms with Gasteiger partial charge < -0.3 is 9.47 Å². The molecule has 0 bridgehead atoms. The molecular weight excluding hydrogens is 417 g/mol. The van der Waals surface area contributed by atoms with Crippen LogP contribution in [0.15, 0.2) is 35.2 Å². The minimum atomic E-state index is -1.43. The van der Waals surface area contributed by atoms with Crippen molar-refractivity contribution < 1.29 is 23.5 Å². The highest BCUT2D eigenvalue weighted by Crippen LogP contribution is 2.38. The van der Waals surface area contributed by atoms with Gasteiger partial charge in [0.25, 0.3) is 0 Å². The van der Waals surface area contributed by atoms with Gasteiger partial charge in [0.15, 0.2) is 0 Å². The van der Waals surface area contributed by atoms with Crippen LogP contribution in [0, 0.1) is 5.82 Å². The van der Waals surface area contributed by atoms with Gasteiger partial charge in [-0.15, -0.1) is 11.3 Å². The number of thiophene rings is 1. The highest BCUT2D eigenvalue weighted by molar-refractivity contribution is 7.14. The Morgan fingerprint density at radius 3 is 2.55 bits per heavy atom. The van der Waals surface area contributed by atoms with Crippen molar-refractivity contribution >= 4 is 41.0 Å². The van der Waals surface area contributed by atoms with E-state index in [2.05, 4.69) is 0 Å². The molecule has 2 saturated heterocycles. The number of benzene rings is 1. The van der Waals surface area contributed by atoms with Crippen LogP contribution in [0.25, 0.3) is 16.5 Å². The number of piperidine rings is 1. The minimum absolute atomic E-state index is 0.00865. The first-order valence-corrected chi connectivity index (χ1v) is 10.5. The average molecular weight is 436 g/mol. The Morgan fingerprint density at radius 1 is 1.17 bits per heavy atom. The largest absolute Gasteiger partial charge is 0.408 e. The second-order valence-corrected chi connectivity index (χ2v) is 8.52. The topological polar surface area (TPSA) is 55.8 Å². The summed E-state index contributed by atoms with van der Waals surface area (Å²) >= 11 is 7.49. The van der Waals surface area contributed by atoms with Crippen LogP contribution < -0.4 is 0 Å². The van der Waals surface area contributed by atoms with Gasteiger partial charge in [-0.2, -0.15) is 0 Å². The van der Waals surface area contributed by atoms with Crippen molar-refractivity contribution in [2.24, 2.45) is 0 Å². The normalized spacial score (nSPS) is 21.1. The number of hydrogen-bond donors (Lipinski definition) is 0. The first kappa shape index (κ1) is 20.1. The summed E-state index contributed by atoms with van der Waals surface area (Å²) in [6.45, 7) is 0.549. The van der Waals surface area contributed by atoms with Gasteiger partial charge in [0.2, 0.25) is 0 Å². The maximum absolute atomic E-state index is 13.9. The van der Waals surface area contributed by atoms with Crippen molar-refractivity contribution in [3.8, 4) is 10.4 Å². The molecule has 0 unspecified atom stereocenters. The molecule has 0 amide bonds. The van der Waals surface area contributed by atoms with Crippen molar-refractivity contribution in [2.75, 3.05) is 13.6 Å². The van der Waals surface area contributed by atoms with Gasteiger partial charge in [-0.3, -0.25) is 9.59 Å². The number of nitrogens with zero attached hydrogens (tertiary/aromatic N) is 1. The summed E-state index contributed by atoms with van der Waals surface area (Å²) in [6.07, 6.45) is 2.91. The van der Waals surface area contributed by atoms with E-state index >= 15 is 0 Å². The lowest BCUT2D eigenvalue weighted by molar-refractivity contribution is -0.282. The van der Waals surface area contributed by atoms with Gasteiger partial charge in [-0.25, -0.2) is 9.29 Å². The third-order valence-corrected chi connectivity index (χ3v) is 6.40. The van der Waals surface area contributed by atoms with E-state index in [9.17, 15) is 14.0 Å². The van der Waals surface area contributed by atoms with Gasteiger partial charge in [-0.1, -0.05) is 29.3 Å². The Hall–Kier alpha value is -2.22. The van der Waals surface area contributed by atoms with Crippen LogP contribution >= 0.6 is 22.9 Å². The van der Waals surface area contributed by atoms with Crippen molar-refractivity contribution in [1.82, 2.24) is 4.90 Å². The third-order valence-electron chi connectivity index (χ3n) is 5.09. The maximum Gasteiger partial charge on any atom is 0.324 e. The number of hydrogen-bond acceptors (Lipinski definition) is 6. The predicted molar refractivity (Wildman–Crippen MR) is 109 cm³/mol. The Balaban J connectivity index is 1.70. The Labute approximate surface area is 176 Å². The molecule has 0 radical (unpaired) electrons. The molecule has 0 aliphatic carbocycles. The summed E-state index contributed by atoms with van der Waals surface area (Å²) in [5.74, 6) is -2.68. The smallest absolute Gasteiger partial charge is 0.324 e. The molecule has 0 saturated carbocycles. The molecule has 4 rings (SSSR count). The monoisotopic (exact) mass is 435 g/mol. The highest BCUT2D eigenvalue weighted by Gasteiger charge is 2.47. The van der Waals surface area contributed by atoms with E-state index in [0.717, 1.165) is 21.6 Å². The van der Waals surface area contributed by atoms with E-state index in [-0.39, 0.29) is 25.1 Å². The van der Waals surface area contributed by atoms with Gasteiger partial charge in [0.1, 0.15) is 5.82 Å². The number of carbonyl (C=O) groups excluding carboxylic acids is 2. The molecule has 2 aliphatic rings. The van der Waals surface area contributed by atoms with Crippen molar-refractivity contribution in [2.45, 2.75) is 31.6 Å². The summed E-state index contributed by atoms with van der Waals surface area (Å²) < 4.78 is 25.0. The lowest BCUT2D eigenvalue weighted by Gasteiger charge is -2.42. The molecule has 3 heterocycles. The quantitative estimate of drug-likeness (QED) is 0.631. The lowest BCUT2D eigenvalue weighted by atomic mass is 9.95. The lowest BCUT2D eigenvalue weighted by Crippen LogP contribution is -2.55. The number of ether oxygens (including phenoxy) is 2. The molecule has 8 heteroatoms. The van der Waals surface area contributed by atoms with Gasteiger partial charge in [-0.05, 0) is 37.2 Å². The molecule has 2 fully saturated rings. The molecule has 1 aromatic carbocycles. The van der Waals surface area contributed by atoms with Crippen LogP contribution in [0.4, 0.5) is 4.39 Å². The summed E-state index contributed by atoms with van der Waals surface area (Å²) in [6, 6.07) is 6.39. The highest BCUT2D eigenvalue weighted by atomic mass is 35.5. The number of halogens is 2. The molecular formula is C21H19ClFNO4S. The molecule has 5 nitrogen and oxygen atoms in total. The van der Waals surface area contributed by atoms with E-state index in [4.69, 9.17) is 21.1 Å². The van der Waals surface area contributed by atoms with E-state index in [1.807, 2.05) is 6.08 Å². The van der Waals surface area contributed by atoms with Crippen molar-refractivity contribution in [3.63, 3.8) is 0 Å². The van der Waals surface area contributed by atoms with Gasteiger partial charge in [0.05, 0.1) is 24.3 Å². The standard InChI is InChI=1S/C21H19ClFNO4S/c1-24-7-6-13(11-21(24)27-19(25)4-5-20(26)28-21)8-14-2-3-16(23)10-17(14)18-9-15(22)12-29-18/h2-3,8-10,12H,4-7,11H2,1H3/b13-8+. The van der Waals surface area contributed by atoms with Crippen molar-refractivity contribution in [3.05, 3.63) is 51.6 Å². The Bertz CT molecular complexity index is 984. The number of likely N-dealkylation sites (tertiary alicyclic amines) is 1. The zero-order valence-corrected chi connectivity index (χ0v) is 17.3. The summed E-state index contributed by atoms with van der Waals surface area (Å²) in [4.78, 5) is 26.7. The molecule has 1 aromatic heterocycles. The first-order valence-electron chi connectivity index (χ1n) is 9.23. The van der Waals surface area contributed by atoms with Crippen molar-refractivity contribution in [1.29, 1.82) is 0 Å². The summed E-state index contributed by atoms with van der Waals surface area (Å²) in [5.41, 5.74) is 2.50. The first-order chi connectivity index (χ1) is 13.8. The predicted octanol–water partition coefficient (Wildman–Crippen LogP) is 4.85. The fourth-order valence-electron chi connectivity index (χ4n) is 3.57. The van der Waals surface area contributed by atoms with Gasteiger partial charge in [0, 0.05) is 22.4 Å². The third kappa shape index (κ3) is 4.22. The molecule has 152 valence electrons. The van der Waals surface area contributed by atoms with Crippen LogP contribution in [-0.2, 0) is 19.1 Å². The van der Waals surface area contributed by atoms with E-state index in [0.29, 0.717) is 18.0 Å². The second kappa shape index (κ2) is 7.89. The molecule has 2 aromatic rings. The molecule has 0 N–H and O–H groups in total. The summed E-state index contributed by atoms with van der Waals surface area (Å²) in [7, 11) is 1.76. The average Bonchev–Trinajstić information content (AvgIpc) is 3.04. The van der Waals surface area contributed by atoms with Gasteiger partial charge >= 0.3 is 17.8 Å². The molecule has 29 heavy (non-hydrogen) atoms. The zero-order valence-electron chi connectivity index (χ0n) is 15.7. The number of rotatable bonds is 2. The minimum Gasteiger partial charge on any atom is -0.408 e. The van der Waals surface area contributed by atoms with Crippen LogP contribution in [0.5, 0.6) is 0 Å². The molecule has 0 atom stereocenters. The van der Waals surface area contributed by atoms with Crippen LogP contribution in [0.3, 0.4) is 0 Å². The fourth-order valence-corrected chi connectivity index (χ4v) is 4.68. The van der Waals surface area contributed by atoms with Crippen LogP contribution in [0.1, 0.15) is 31.2 Å². The zero-order chi connectivity index (χ0) is 20.6. The van der Waals surface area contributed by atoms with E-state index in [1.165, 1.54) is 23.5 Å². The van der Waals surface area contributed by atoms with E-state index in [1.54, 1.807) is 29.5 Å². The maximum atomic E-state index is 13.9. The Morgan fingerprint density at radius 2 is 1.90 bits per heavy atom. The number of carbonyl (C=O) groups is 2. The second-order valence-electron chi connectivity index (χ2n) is 7.17. The Kier molecular flexibility index (Phi) is 5.46. The SMILES string of the molecule is CN1CC/C(=C\c2ccc(F)cc2-c2cc(Cl)cs2)CC12OC(=O)CCC(=O)O2. The van der Waals surface area contributed by atoms with Crippen LogP contribution in [0.2, 0.25) is 5.02 Å². The number of esters is 2. The summed E-state index contributed by atoms with van der Waals surface area (Å²) in [5, 5.41) is 2.40. The van der Waals surface area contributed by atoms with Crippen LogP contribution in [-0.4, -0.2) is 36.3 Å². The molecule has 2 aliphatic heterocycles. The fraction of sp³-hybridized carbons (Fsp3) is 0.333. The molecule has 1 spiro atoms. The van der Waals surface area contributed by atoms with E-state index < -0.39 is 17.8 Å².